The molecule has 0 aliphatic heterocycles. The Labute approximate surface area is 118 Å². The van der Waals surface area contributed by atoms with Crippen molar-refractivity contribution >= 4 is 34.0 Å². The maximum absolute atomic E-state index is 11.6. The van der Waals surface area contributed by atoms with E-state index >= 15 is 0 Å². The fraction of sp³-hybridized carbons (Fsp3) is 0.300. The highest BCUT2D eigenvalue weighted by Gasteiger charge is 2.06. The number of carbonyl (C=O) groups is 1. The zero-order chi connectivity index (χ0) is 13.6. The molecule has 6 N–H and O–H groups in total. The lowest BCUT2D eigenvalue weighted by atomic mass is 10.2. The molecule has 1 amide bonds. The standard InChI is InChI=1S/C10H16N4O3S.ClH/c11-14-9-4-2-8(3-5-9)10(15)13-6-1-7-18(12,16)17;/h2-5,14H,1,6-7,11H2,(H,13,15)(H2,12,16,17);1H. The van der Waals surface area contributed by atoms with Crippen molar-refractivity contribution < 1.29 is 13.2 Å². The summed E-state index contributed by atoms with van der Waals surface area (Å²) in [5.41, 5.74) is 3.62. The molecule has 1 rings (SSSR count). The summed E-state index contributed by atoms with van der Waals surface area (Å²) in [6, 6.07) is 6.56. The number of benzene rings is 1. The number of carbonyl (C=O) groups excluding carboxylic acids is 1. The van der Waals surface area contributed by atoms with Crippen molar-refractivity contribution in [2.75, 3.05) is 17.7 Å². The lowest BCUT2D eigenvalue weighted by Crippen LogP contribution is -2.27. The van der Waals surface area contributed by atoms with Crippen LogP contribution >= 0.6 is 12.4 Å². The van der Waals surface area contributed by atoms with E-state index in [1.807, 2.05) is 0 Å². The zero-order valence-electron chi connectivity index (χ0n) is 10.1. The lowest BCUT2D eigenvalue weighted by Gasteiger charge is -2.05. The van der Waals surface area contributed by atoms with Crippen LogP contribution in [0.4, 0.5) is 5.69 Å². The van der Waals surface area contributed by atoms with Crippen molar-refractivity contribution in [3.05, 3.63) is 29.8 Å². The molecule has 0 aromatic heterocycles. The fourth-order valence-corrected chi connectivity index (χ4v) is 1.84. The number of halogens is 1. The largest absolute Gasteiger partial charge is 0.352 e. The van der Waals surface area contributed by atoms with Gasteiger partial charge in [-0.3, -0.25) is 10.6 Å². The van der Waals surface area contributed by atoms with Crippen molar-refractivity contribution in [3.8, 4) is 0 Å². The third kappa shape index (κ3) is 6.97. The number of hydrazine groups is 1. The summed E-state index contributed by atoms with van der Waals surface area (Å²) in [5.74, 6) is 4.78. The minimum atomic E-state index is -3.47. The molecule has 0 aliphatic carbocycles. The fourth-order valence-electron chi connectivity index (χ4n) is 1.30. The van der Waals surface area contributed by atoms with Crippen LogP contribution in [0.25, 0.3) is 0 Å². The molecule has 0 unspecified atom stereocenters. The number of hydrogen-bond acceptors (Lipinski definition) is 5. The predicted octanol–water partition coefficient (Wildman–Crippen LogP) is -0.198. The maximum Gasteiger partial charge on any atom is 0.251 e. The molecule has 0 spiro atoms. The Morgan fingerprint density at radius 1 is 1.21 bits per heavy atom. The van der Waals surface area contributed by atoms with Crippen molar-refractivity contribution in [2.24, 2.45) is 11.0 Å². The second kappa shape index (κ2) is 7.95. The molecule has 0 saturated heterocycles. The number of hydrogen-bond donors (Lipinski definition) is 4. The van der Waals surface area contributed by atoms with E-state index in [1.165, 1.54) is 0 Å². The van der Waals surface area contributed by atoms with Gasteiger partial charge in [-0.25, -0.2) is 13.6 Å². The number of nitrogens with two attached hydrogens (primary N) is 2. The second-order valence-corrected chi connectivity index (χ2v) is 5.43. The first-order valence-corrected chi connectivity index (χ1v) is 6.99. The smallest absolute Gasteiger partial charge is 0.251 e. The minimum absolute atomic E-state index is 0. The van der Waals surface area contributed by atoms with E-state index in [4.69, 9.17) is 11.0 Å². The Kier molecular flexibility index (Phi) is 7.38. The zero-order valence-corrected chi connectivity index (χ0v) is 11.8. The first kappa shape index (κ1) is 17.6. The number of anilines is 1. The number of sulfonamides is 1. The molecule has 0 aliphatic rings. The number of primary sulfonamides is 1. The molecule has 9 heteroatoms. The van der Waals surface area contributed by atoms with Crippen molar-refractivity contribution in [3.63, 3.8) is 0 Å². The van der Waals surface area contributed by atoms with Crippen LogP contribution in [-0.2, 0) is 10.0 Å². The molecule has 0 bridgehead atoms. The summed E-state index contributed by atoms with van der Waals surface area (Å²) in [6.45, 7) is 0.256. The van der Waals surface area contributed by atoms with Crippen LogP contribution in [0, 0.1) is 0 Å². The first-order chi connectivity index (χ1) is 8.42. The maximum atomic E-state index is 11.6. The van der Waals surface area contributed by atoms with Gasteiger partial charge in [-0.1, -0.05) is 0 Å². The SMILES string of the molecule is Cl.NNc1ccc(C(=O)NCCCS(N)(=O)=O)cc1. The highest BCUT2D eigenvalue weighted by molar-refractivity contribution is 7.89. The molecule has 7 nitrogen and oxygen atoms in total. The molecule has 0 fully saturated rings. The van der Waals surface area contributed by atoms with Gasteiger partial charge >= 0.3 is 0 Å². The summed E-state index contributed by atoms with van der Waals surface area (Å²) in [4.78, 5) is 11.6. The van der Waals surface area contributed by atoms with Gasteiger partial charge in [0.2, 0.25) is 10.0 Å². The average Bonchev–Trinajstić information content (AvgIpc) is 2.33. The van der Waals surface area contributed by atoms with Crippen LogP contribution in [0.1, 0.15) is 16.8 Å². The van der Waals surface area contributed by atoms with E-state index in [-0.39, 0.29) is 37.0 Å². The molecule has 108 valence electrons. The highest BCUT2D eigenvalue weighted by Crippen LogP contribution is 2.07. The van der Waals surface area contributed by atoms with E-state index in [0.717, 1.165) is 0 Å². The number of nitrogens with one attached hydrogen (secondary N) is 2. The van der Waals surface area contributed by atoms with Crippen LogP contribution < -0.4 is 21.7 Å². The third-order valence-corrected chi connectivity index (χ3v) is 3.06. The minimum Gasteiger partial charge on any atom is -0.352 e. The predicted molar refractivity (Wildman–Crippen MR) is 76.4 cm³/mol. The normalized spacial score (nSPS) is 10.4. The summed E-state index contributed by atoms with van der Waals surface area (Å²) >= 11 is 0. The summed E-state index contributed by atoms with van der Waals surface area (Å²) in [6.07, 6.45) is 0.285. The molecule has 1 aromatic carbocycles. The van der Waals surface area contributed by atoms with Gasteiger partial charge in [0.05, 0.1) is 5.75 Å². The first-order valence-electron chi connectivity index (χ1n) is 5.28. The molecule has 0 atom stereocenters. The summed E-state index contributed by atoms with van der Waals surface area (Å²) in [5, 5.41) is 7.43. The Hall–Kier alpha value is -1.35. The van der Waals surface area contributed by atoms with Gasteiger partial charge in [-0.15, -0.1) is 12.4 Å². The van der Waals surface area contributed by atoms with Crippen LogP contribution in [0.3, 0.4) is 0 Å². The van der Waals surface area contributed by atoms with Crippen molar-refractivity contribution in [2.45, 2.75) is 6.42 Å². The molecular formula is C10H17ClN4O3S. The monoisotopic (exact) mass is 308 g/mol. The van der Waals surface area contributed by atoms with Gasteiger partial charge in [0.1, 0.15) is 0 Å². The molecular weight excluding hydrogens is 292 g/mol. The van der Waals surface area contributed by atoms with Crippen molar-refractivity contribution in [1.29, 1.82) is 0 Å². The van der Waals surface area contributed by atoms with Gasteiger partial charge in [0.25, 0.3) is 5.91 Å². The third-order valence-electron chi connectivity index (χ3n) is 2.20. The van der Waals surface area contributed by atoms with Gasteiger partial charge < -0.3 is 10.7 Å². The summed E-state index contributed by atoms with van der Waals surface area (Å²) < 4.78 is 21.3. The van der Waals surface area contributed by atoms with E-state index in [9.17, 15) is 13.2 Å². The molecule has 19 heavy (non-hydrogen) atoms. The van der Waals surface area contributed by atoms with Gasteiger partial charge in [0.15, 0.2) is 0 Å². The van der Waals surface area contributed by atoms with Crippen LogP contribution in [0.2, 0.25) is 0 Å². The Balaban J connectivity index is 0.00000324. The Morgan fingerprint density at radius 3 is 2.26 bits per heavy atom. The Morgan fingerprint density at radius 2 is 1.79 bits per heavy atom. The average molecular weight is 309 g/mol. The molecule has 1 aromatic rings. The van der Waals surface area contributed by atoms with E-state index in [0.29, 0.717) is 11.3 Å². The van der Waals surface area contributed by atoms with Gasteiger partial charge in [-0.05, 0) is 30.7 Å². The molecule has 0 saturated carbocycles. The van der Waals surface area contributed by atoms with Crippen molar-refractivity contribution in [1.82, 2.24) is 5.32 Å². The van der Waals surface area contributed by atoms with Gasteiger partial charge in [-0.2, -0.15) is 0 Å². The molecule has 0 radical (unpaired) electrons. The Bertz CT molecular complexity index is 504. The highest BCUT2D eigenvalue weighted by atomic mass is 35.5. The van der Waals surface area contributed by atoms with Crippen LogP contribution in [0.15, 0.2) is 24.3 Å². The van der Waals surface area contributed by atoms with Crippen LogP contribution in [0.5, 0.6) is 0 Å². The van der Waals surface area contributed by atoms with E-state index in [2.05, 4.69) is 10.7 Å². The van der Waals surface area contributed by atoms with E-state index < -0.39 is 10.0 Å². The number of nitrogen functional groups attached to an aromatic ring is 1. The second-order valence-electron chi connectivity index (χ2n) is 3.70. The van der Waals surface area contributed by atoms with E-state index in [1.54, 1.807) is 24.3 Å². The number of amides is 1. The molecule has 0 heterocycles. The van der Waals surface area contributed by atoms with Gasteiger partial charge in [0, 0.05) is 17.8 Å². The lowest BCUT2D eigenvalue weighted by molar-refractivity contribution is 0.0953. The number of rotatable bonds is 6. The summed E-state index contributed by atoms with van der Waals surface area (Å²) in [7, 11) is -3.47. The topological polar surface area (TPSA) is 127 Å². The quantitative estimate of drug-likeness (QED) is 0.329. The van der Waals surface area contributed by atoms with Crippen LogP contribution in [-0.4, -0.2) is 26.6 Å².